The maximum Gasteiger partial charge on any atom is 0.254 e. The third-order valence-electron chi connectivity index (χ3n) is 3.07. The van der Waals surface area contributed by atoms with E-state index in [0.717, 1.165) is 12.0 Å². The van der Waals surface area contributed by atoms with Crippen molar-refractivity contribution in [3.8, 4) is 0 Å². The molecule has 0 aliphatic heterocycles. The van der Waals surface area contributed by atoms with E-state index in [2.05, 4.69) is 5.32 Å². The number of rotatable bonds is 7. The smallest absolute Gasteiger partial charge is 0.254 e. The number of hydrogen-bond acceptors (Lipinski definition) is 4. The Hall–Kier alpha value is -2.08. The fourth-order valence-electron chi connectivity index (χ4n) is 1.86. The summed E-state index contributed by atoms with van der Waals surface area (Å²) in [6, 6.07) is 5.17. The Bertz CT molecular complexity index is 503. The van der Waals surface area contributed by atoms with Crippen molar-refractivity contribution in [3.05, 3.63) is 29.3 Å². The number of likely N-dealkylation sites (N-methyl/N-ethyl adjacent to an activating group) is 1. The maximum absolute atomic E-state index is 12.3. The zero-order valence-electron chi connectivity index (χ0n) is 12.8. The SMILES string of the molecule is COCCCNC(=O)CN(C)C(=O)c1cc(N)ccc1C. The molecule has 0 atom stereocenters. The van der Waals surface area contributed by atoms with Crippen LogP contribution in [0.4, 0.5) is 5.69 Å². The van der Waals surface area contributed by atoms with Gasteiger partial charge in [-0.3, -0.25) is 9.59 Å². The molecule has 1 aromatic rings. The molecule has 0 spiro atoms. The molecule has 2 amide bonds. The summed E-state index contributed by atoms with van der Waals surface area (Å²) in [6.07, 6.45) is 0.744. The van der Waals surface area contributed by atoms with Crippen molar-refractivity contribution in [3.63, 3.8) is 0 Å². The Morgan fingerprint density at radius 2 is 2.10 bits per heavy atom. The highest BCUT2D eigenvalue weighted by molar-refractivity contribution is 5.98. The van der Waals surface area contributed by atoms with Gasteiger partial charge in [-0.1, -0.05) is 6.07 Å². The van der Waals surface area contributed by atoms with Gasteiger partial charge in [0.15, 0.2) is 0 Å². The van der Waals surface area contributed by atoms with Crippen LogP contribution in [0.5, 0.6) is 0 Å². The third-order valence-corrected chi connectivity index (χ3v) is 3.07. The van der Waals surface area contributed by atoms with Crippen LogP contribution in [0.2, 0.25) is 0 Å². The normalized spacial score (nSPS) is 10.2. The molecule has 0 aliphatic carbocycles. The number of hydrogen-bond donors (Lipinski definition) is 2. The predicted molar refractivity (Wildman–Crippen MR) is 82.1 cm³/mol. The molecule has 0 aliphatic rings. The van der Waals surface area contributed by atoms with E-state index in [1.807, 2.05) is 6.92 Å². The van der Waals surface area contributed by atoms with Crippen LogP contribution in [0.15, 0.2) is 18.2 Å². The summed E-state index contributed by atoms with van der Waals surface area (Å²) in [6.45, 7) is 2.98. The van der Waals surface area contributed by atoms with E-state index in [9.17, 15) is 9.59 Å². The van der Waals surface area contributed by atoms with Crippen LogP contribution < -0.4 is 11.1 Å². The lowest BCUT2D eigenvalue weighted by atomic mass is 10.1. The molecule has 1 aromatic carbocycles. The maximum atomic E-state index is 12.3. The van der Waals surface area contributed by atoms with Crippen molar-refractivity contribution in [2.24, 2.45) is 0 Å². The van der Waals surface area contributed by atoms with Crippen molar-refractivity contribution < 1.29 is 14.3 Å². The minimum Gasteiger partial charge on any atom is -0.399 e. The van der Waals surface area contributed by atoms with E-state index in [4.69, 9.17) is 10.5 Å². The standard InChI is InChI=1S/C15H23N3O3/c1-11-5-6-12(16)9-13(11)15(20)18(2)10-14(19)17-7-4-8-21-3/h5-6,9H,4,7-8,10,16H2,1-3H3,(H,17,19). The fourth-order valence-corrected chi connectivity index (χ4v) is 1.86. The second-order valence-corrected chi connectivity index (χ2v) is 4.93. The summed E-state index contributed by atoms with van der Waals surface area (Å²) in [5, 5.41) is 2.74. The number of nitrogens with two attached hydrogens (primary N) is 1. The van der Waals surface area contributed by atoms with Crippen LogP contribution in [0, 0.1) is 6.92 Å². The van der Waals surface area contributed by atoms with Crippen LogP contribution in [0.25, 0.3) is 0 Å². The topological polar surface area (TPSA) is 84.7 Å². The first-order valence-electron chi connectivity index (χ1n) is 6.83. The van der Waals surface area contributed by atoms with Gasteiger partial charge in [0.05, 0.1) is 6.54 Å². The molecule has 1 rings (SSSR count). The number of methoxy groups -OCH3 is 1. The van der Waals surface area contributed by atoms with Gasteiger partial charge in [0.1, 0.15) is 0 Å². The van der Waals surface area contributed by atoms with Crippen LogP contribution in [-0.4, -0.2) is 50.6 Å². The lowest BCUT2D eigenvalue weighted by molar-refractivity contribution is -0.121. The molecule has 6 nitrogen and oxygen atoms in total. The van der Waals surface area contributed by atoms with Crippen LogP contribution >= 0.6 is 0 Å². The molecule has 0 saturated heterocycles. The molecule has 0 fully saturated rings. The zero-order valence-corrected chi connectivity index (χ0v) is 12.8. The summed E-state index contributed by atoms with van der Waals surface area (Å²) in [5.41, 5.74) is 7.58. The number of carbonyl (C=O) groups excluding carboxylic acids is 2. The number of nitrogens with zero attached hydrogens (tertiary/aromatic N) is 1. The lowest BCUT2D eigenvalue weighted by Crippen LogP contribution is -2.39. The highest BCUT2D eigenvalue weighted by atomic mass is 16.5. The van der Waals surface area contributed by atoms with Gasteiger partial charge in [-0.05, 0) is 31.0 Å². The molecule has 6 heteroatoms. The fraction of sp³-hybridized carbons (Fsp3) is 0.467. The van der Waals surface area contributed by atoms with E-state index in [-0.39, 0.29) is 18.4 Å². The Labute approximate surface area is 125 Å². The van der Waals surface area contributed by atoms with Crippen molar-refractivity contribution in [1.82, 2.24) is 10.2 Å². The van der Waals surface area contributed by atoms with Crippen molar-refractivity contribution in [1.29, 1.82) is 0 Å². The molecule has 116 valence electrons. The van der Waals surface area contributed by atoms with E-state index in [1.54, 1.807) is 32.4 Å². The van der Waals surface area contributed by atoms with Gasteiger partial charge < -0.3 is 20.7 Å². The van der Waals surface area contributed by atoms with Gasteiger partial charge in [-0.25, -0.2) is 0 Å². The second-order valence-electron chi connectivity index (χ2n) is 4.93. The first kappa shape index (κ1) is 17.0. The number of carbonyl (C=O) groups is 2. The molecule has 3 N–H and O–H groups in total. The molecule has 0 aromatic heterocycles. The van der Waals surface area contributed by atoms with E-state index in [1.165, 1.54) is 4.90 Å². The lowest BCUT2D eigenvalue weighted by Gasteiger charge is -2.18. The molecule has 0 unspecified atom stereocenters. The quantitative estimate of drug-likeness (QED) is 0.575. The Morgan fingerprint density at radius 3 is 2.76 bits per heavy atom. The van der Waals surface area contributed by atoms with Gasteiger partial charge in [0.25, 0.3) is 5.91 Å². The molecule has 0 saturated carbocycles. The summed E-state index contributed by atoms with van der Waals surface area (Å²) >= 11 is 0. The first-order valence-corrected chi connectivity index (χ1v) is 6.83. The third kappa shape index (κ3) is 5.43. The van der Waals surface area contributed by atoms with E-state index in [0.29, 0.717) is 24.4 Å². The van der Waals surface area contributed by atoms with Gasteiger partial charge in [-0.2, -0.15) is 0 Å². The summed E-state index contributed by atoms with van der Waals surface area (Å²) in [7, 11) is 3.21. The summed E-state index contributed by atoms with van der Waals surface area (Å²) in [5.74, 6) is -0.407. The first-order chi connectivity index (χ1) is 9.95. The Kier molecular flexibility index (Phi) is 6.68. The number of ether oxygens (including phenoxy) is 1. The molecule has 0 heterocycles. The monoisotopic (exact) mass is 293 g/mol. The number of benzene rings is 1. The number of amides is 2. The molecule has 0 radical (unpaired) electrons. The molecular formula is C15H23N3O3. The number of aryl methyl sites for hydroxylation is 1. The molecule has 0 bridgehead atoms. The van der Waals surface area contributed by atoms with Crippen LogP contribution in [0.1, 0.15) is 22.3 Å². The van der Waals surface area contributed by atoms with E-state index >= 15 is 0 Å². The summed E-state index contributed by atoms with van der Waals surface area (Å²) < 4.78 is 4.90. The van der Waals surface area contributed by atoms with E-state index < -0.39 is 0 Å². The molecular weight excluding hydrogens is 270 g/mol. The minimum atomic E-state index is -0.216. The van der Waals surface area contributed by atoms with Crippen LogP contribution in [-0.2, 0) is 9.53 Å². The van der Waals surface area contributed by atoms with Crippen molar-refractivity contribution >= 4 is 17.5 Å². The highest BCUT2D eigenvalue weighted by Gasteiger charge is 2.16. The van der Waals surface area contributed by atoms with Crippen molar-refractivity contribution in [2.45, 2.75) is 13.3 Å². The predicted octanol–water partition coefficient (Wildman–Crippen LogP) is 0.802. The van der Waals surface area contributed by atoms with Gasteiger partial charge in [0.2, 0.25) is 5.91 Å². The minimum absolute atomic E-state index is 0.0139. The average Bonchev–Trinajstić information content (AvgIpc) is 2.45. The van der Waals surface area contributed by atoms with Crippen LogP contribution in [0.3, 0.4) is 0 Å². The largest absolute Gasteiger partial charge is 0.399 e. The highest BCUT2D eigenvalue weighted by Crippen LogP contribution is 2.14. The summed E-state index contributed by atoms with van der Waals surface area (Å²) in [4.78, 5) is 25.4. The Morgan fingerprint density at radius 1 is 1.38 bits per heavy atom. The number of anilines is 1. The average molecular weight is 293 g/mol. The Balaban J connectivity index is 2.54. The number of nitrogens with one attached hydrogen (secondary N) is 1. The van der Waals surface area contributed by atoms with Gasteiger partial charge >= 0.3 is 0 Å². The van der Waals surface area contributed by atoms with Gasteiger partial charge in [-0.15, -0.1) is 0 Å². The second kappa shape index (κ2) is 8.26. The van der Waals surface area contributed by atoms with Crippen molar-refractivity contribution in [2.75, 3.05) is 39.6 Å². The number of nitrogen functional groups attached to an aromatic ring is 1. The molecule has 21 heavy (non-hydrogen) atoms. The van der Waals surface area contributed by atoms with Gasteiger partial charge in [0, 0.05) is 38.6 Å². The zero-order chi connectivity index (χ0) is 15.8.